The zero-order chi connectivity index (χ0) is 18.2. The van der Waals surface area contributed by atoms with Gasteiger partial charge in [-0.15, -0.1) is 17.9 Å². The summed E-state index contributed by atoms with van der Waals surface area (Å²) in [6, 6.07) is 2.20. The maximum absolute atomic E-state index is 11.1. The predicted octanol–water partition coefficient (Wildman–Crippen LogP) is 4.56. The highest BCUT2D eigenvalue weighted by Gasteiger charge is 2.13. The monoisotopic (exact) mass is 361 g/mol. The van der Waals surface area contributed by atoms with Crippen LogP contribution in [-0.4, -0.2) is 29.2 Å². The molecule has 2 rings (SSSR count). The van der Waals surface area contributed by atoms with Crippen LogP contribution in [0.15, 0.2) is 24.1 Å². The Morgan fingerprint density at radius 3 is 2.92 bits per heavy atom. The van der Waals surface area contributed by atoms with Gasteiger partial charge in [0.1, 0.15) is 0 Å². The molecule has 0 unspecified atom stereocenters. The van der Waals surface area contributed by atoms with Crippen LogP contribution >= 0.6 is 11.3 Å². The number of methoxy groups -OCH3 is 1. The molecule has 0 spiro atoms. The van der Waals surface area contributed by atoms with E-state index in [1.807, 2.05) is 6.08 Å². The molecule has 25 heavy (non-hydrogen) atoms. The van der Waals surface area contributed by atoms with Crippen molar-refractivity contribution < 1.29 is 9.53 Å². The van der Waals surface area contributed by atoms with Crippen molar-refractivity contribution in [3.05, 3.63) is 35.5 Å². The Balaban J connectivity index is 1.96. The number of thiazole rings is 1. The average molecular weight is 362 g/mol. The Bertz CT molecular complexity index is 718. The largest absolute Gasteiger partial charge is 0.469 e. The van der Waals surface area contributed by atoms with Crippen molar-refractivity contribution in [2.75, 3.05) is 19.0 Å². The number of aryl methyl sites for hydroxylation is 1. The molecule has 0 saturated carbocycles. The third-order valence-corrected chi connectivity index (χ3v) is 5.04. The van der Waals surface area contributed by atoms with Crippen molar-refractivity contribution in [1.82, 2.24) is 9.55 Å². The Morgan fingerprint density at radius 1 is 1.40 bits per heavy atom. The van der Waals surface area contributed by atoms with E-state index in [2.05, 4.69) is 51.5 Å². The predicted molar refractivity (Wildman–Crippen MR) is 104 cm³/mol. The molecule has 0 fully saturated rings. The van der Waals surface area contributed by atoms with Crippen molar-refractivity contribution in [2.24, 2.45) is 0 Å². The number of carbonyl (C=O) groups is 1. The Labute approximate surface area is 153 Å². The maximum Gasteiger partial charge on any atom is 0.305 e. The third kappa shape index (κ3) is 5.19. The van der Waals surface area contributed by atoms with Crippen LogP contribution in [0.2, 0.25) is 0 Å². The molecule has 0 aliphatic carbocycles. The highest BCUT2D eigenvalue weighted by molar-refractivity contribution is 7.14. The fourth-order valence-corrected chi connectivity index (χ4v) is 3.58. The van der Waals surface area contributed by atoms with Crippen LogP contribution in [0.3, 0.4) is 0 Å². The molecule has 0 atom stereocenters. The van der Waals surface area contributed by atoms with Crippen LogP contribution in [0.4, 0.5) is 5.13 Å². The molecule has 0 bridgehead atoms. The first-order valence-corrected chi connectivity index (χ1v) is 9.49. The third-order valence-electron chi connectivity index (χ3n) is 4.24. The van der Waals surface area contributed by atoms with Gasteiger partial charge in [-0.3, -0.25) is 4.79 Å². The second kappa shape index (κ2) is 9.42. The van der Waals surface area contributed by atoms with Gasteiger partial charge in [0.05, 0.1) is 12.8 Å². The summed E-state index contributed by atoms with van der Waals surface area (Å²) in [5.74, 6) is -0.125. The molecular weight excluding hydrogens is 334 g/mol. The molecule has 0 amide bonds. The minimum absolute atomic E-state index is 0.125. The topological polar surface area (TPSA) is 56.2 Å². The minimum Gasteiger partial charge on any atom is -0.469 e. The van der Waals surface area contributed by atoms with Crippen LogP contribution in [0.25, 0.3) is 11.3 Å². The van der Waals surface area contributed by atoms with Crippen LogP contribution in [-0.2, 0) is 16.1 Å². The van der Waals surface area contributed by atoms with Crippen LogP contribution in [0, 0.1) is 13.8 Å². The zero-order valence-electron chi connectivity index (χ0n) is 15.3. The smallest absolute Gasteiger partial charge is 0.305 e. The lowest BCUT2D eigenvalue weighted by Crippen LogP contribution is -2.04. The first kappa shape index (κ1) is 19.2. The molecular formula is C19H27N3O2S. The van der Waals surface area contributed by atoms with Crippen molar-refractivity contribution in [3.8, 4) is 11.3 Å². The van der Waals surface area contributed by atoms with Gasteiger partial charge in [0.2, 0.25) is 0 Å². The molecule has 5 nitrogen and oxygen atoms in total. The van der Waals surface area contributed by atoms with Crippen molar-refractivity contribution in [3.63, 3.8) is 0 Å². The first-order chi connectivity index (χ1) is 12.1. The van der Waals surface area contributed by atoms with E-state index in [1.54, 1.807) is 11.3 Å². The Kier molecular flexibility index (Phi) is 7.25. The normalized spacial score (nSPS) is 10.7. The molecule has 0 radical (unpaired) electrons. The SMILES string of the molecule is C=CCNc1nc(-c2cc(C)n(CCCCCC(=O)OC)c2C)cs1. The standard InChI is InChI=1S/C19H27N3O2S/c1-5-10-20-19-21-17(13-25-19)16-12-14(2)22(15(16)3)11-8-6-7-9-18(23)24-4/h5,12-13H,1,6-11H2,2-4H3,(H,20,21). The van der Waals surface area contributed by atoms with E-state index in [4.69, 9.17) is 0 Å². The van der Waals surface area contributed by atoms with E-state index in [-0.39, 0.29) is 5.97 Å². The van der Waals surface area contributed by atoms with Crippen LogP contribution < -0.4 is 5.32 Å². The first-order valence-electron chi connectivity index (χ1n) is 8.61. The Hall–Kier alpha value is -2.08. The number of anilines is 1. The number of nitrogens with zero attached hydrogens (tertiary/aromatic N) is 2. The fraction of sp³-hybridized carbons (Fsp3) is 0.474. The summed E-state index contributed by atoms with van der Waals surface area (Å²) < 4.78 is 7.01. The minimum atomic E-state index is -0.125. The molecule has 0 aliphatic rings. The summed E-state index contributed by atoms with van der Waals surface area (Å²) in [5, 5.41) is 6.24. The second-order valence-corrected chi connectivity index (χ2v) is 6.89. The summed E-state index contributed by atoms with van der Waals surface area (Å²) in [5.41, 5.74) is 4.69. The molecule has 136 valence electrons. The summed E-state index contributed by atoms with van der Waals surface area (Å²) in [6.45, 7) is 9.67. The number of aromatic nitrogens is 2. The van der Waals surface area contributed by atoms with Gasteiger partial charge in [-0.05, 0) is 32.8 Å². The van der Waals surface area contributed by atoms with E-state index in [0.29, 0.717) is 6.42 Å². The van der Waals surface area contributed by atoms with Gasteiger partial charge < -0.3 is 14.6 Å². The molecule has 1 N–H and O–H groups in total. The zero-order valence-corrected chi connectivity index (χ0v) is 16.1. The fourth-order valence-electron chi connectivity index (χ4n) is 2.86. The molecule has 0 aromatic carbocycles. The molecule has 0 aliphatic heterocycles. The molecule has 2 aromatic rings. The lowest BCUT2D eigenvalue weighted by atomic mass is 10.2. The summed E-state index contributed by atoms with van der Waals surface area (Å²) in [4.78, 5) is 15.8. The molecule has 2 aromatic heterocycles. The van der Waals surface area contributed by atoms with Crippen molar-refractivity contribution >= 4 is 22.4 Å². The van der Waals surface area contributed by atoms with Gasteiger partial charge in [-0.2, -0.15) is 0 Å². The van der Waals surface area contributed by atoms with E-state index >= 15 is 0 Å². The Morgan fingerprint density at radius 2 is 2.20 bits per heavy atom. The lowest BCUT2D eigenvalue weighted by molar-refractivity contribution is -0.140. The number of unbranched alkanes of at least 4 members (excludes halogenated alkanes) is 2. The second-order valence-electron chi connectivity index (χ2n) is 6.03. The van der Waals surface area contributed by atoms with Gasteiger partial charge in [-0.25, -0.2) is 4.98 Å². The van der Waals surface area contributed by atoms with Gasteiger partial charge in [0.15, 0.2) is 5.13 Å². The highest BCUT2D eigenvalue weighted by atomic mass is 32.1. The van der Waals surface area contributed by atoms with Crippen LogP contribution in [0.5, 0.6) is 0 Å². The van der Waals surface area contributed by atoms with Crippen molar-refractivity contribution in [1.29, 1.82) is 0 Å². The number of rotatable bonds is 10. The quantitative estimate of drug-likeness (QED) is 0.383. The molecule has 0 saturated heterocycles. The lowest BCUT2D eigenvalue weighted by Gasteiger charge is -2.09. The number of hydrogen-bond donors (Lipinski definition) is 1. The van der Waals surface area contributed by atoms with Crippen molar-refractivity contribution in [2.45, 2.75) is 46.1 Å². The molecule has 2 heterocycles. The number of ether oxygens (including phenoxy) is 1. The number of nitrogens with one attached hydrogen (secondary N) is 1. The van der Waals surface area contributed by atoms with E-state index in [0.717, 1.165) is 43.2 Å². The summed E-state index contributed by atoms with van der Waals surface area (Å²) in [6.07, 6.45) is 5.28. The summed E-state index contributed by atoms with van der Waals surface area (Å²) >= 11 is 1.61. The molecule has 6 heteroatoms. The van der Waals surface area contributed by atoms with E-state index < -0.39 is 0 Å². The van der Waals surface area contributed by atoms with Gasteiger partial charge in [-0.1, -0.05) is 12.5 Å². The van der Waals surface area contributed by atoms with E-state index in [9.17, 15) is 4.79 Å². The van der Waals surface area contributed by atoms with Gasteiger partial charge in [0, 0.05) is 41.8 Å². The van der Waals surface area contributed by atoms with Gasteiger partial charge >= 0.3 is 5.97 Å². The average Bonchev–Trinajstić information content (AvgIpc) is 3.18. The van der Waals surface area contributed by atoms with Gasteiger partial charge in [0.25, 0.3) is 0 Å². The maximum atomic E-state index is 11.1. The summed E-state index contributed by atoms with van der Waals surface area (Å²) in [7, 11) is 1.44. The van der Waals surface area contributed by atoms with E-state index in [1.165, 1.54) is 24.1 Å². The van der Waals surface area contributed by atoms with Crippen LogP contribution in [0.1, 0.15) is 37.1 Å². The number of esters is 1. The number of hydrogen-bond acceptors (Lipinski definition) is 5. The highest BCUT2D eigenvalue weighted by Crippen LogP contribution is 2.30. The number of carbonyl (C=O) groups excluding carboxylic acids is 1.